The van der Waals surface area contributed by atoms with Crippen LogP contribution in [0.15, 0.2) is 42.5 Å². The fourth-order valence-electron chi connectivity index (χ4n) is 2.85. The average molecular weight is 376 g/mol. The van der Waals surface area contributed by atoms with Crippen molar-refractivity contribution in [1.29, 1.82) is 0 Å². The lowest BCUT2D eigenvalue weighted by Gasteiger charge is -2.28. The van der Waals surface area contributed by atoms with Crippen molar-refractivity contribution in [3.63, 3.8) is 0 Å². The highest BCUT2D eigenvalue weighted by Crippen LogP contribution is 2.26. The van der Waals surface area contributed by atoms with Gasteiger partial charge in [-0.1, -0.05) is 12.1 Å². The summed E-state index contributed by atoms with van der Waals surface area (Å²) < 4.78 is 30.9. The molecule has 0 fully saturated rings. The minimum absolute atomic E-state index is 0.370. The minimum atomic E-state index is -3.68. The Morgan fingerprint density at radius 2 is 1.73 bits per heavy atom. The minimum Gasteiger partial charge on any atom is -0.497 e. The van der Waals surface area contributed by atoms with Crippen LogP contribution in [0, 0.1) is 13.8 Å². The van der Waals surface area contributed by atoms with E-state index < -0.39 is 22.0 Å². The smallest absolute Gasteiger partial charge is 0.247 e. The van der Waals surface area contributed by atoms with Gasteiger partial charge < -0.3 is 10.1 Å². The van der Waals surface area contributed by atoms with Crippen LogP contribution < -0.4 is 14.4 Å². The van der Waals surface area contributed by atoms with Crippen LogP contribution >= 0.6 is 0 Å². The molecular weight excluding hydrogens is 352 g/mol. The molecule has 0 spiro atoms. The monoisotopic (exact) mass is 376 g/mol. The molecular formula is C19H24N2O4S. The Morgan fingerprint density at radius 1 is 1.12 bits per heavy atom. The number of nitrogens with zero attached hydrogens (tertiary/aromatic N) is 1. The molecule has 0 aliphatic heterocycles. The van der Waals surface area contributed by atoms with Gasteiger partial charge in [0.15, 0.2) is 0 Å². The lowest BCUT2D eigenvalue weighted by Crippen LogP contribution is -2.45. The summed E-state index contributed by atoms with van der Waals surface area (Å²) >= 11 is 0. The molecule has 1 amide bonds. The number of methoxy groups -OCH3 is 1. The fourth-order valence-corrected chi connectivity index (χ4v) is 4.02. The molecule has 0 bridgehead atoms. The third kappa shape index (κ3) is 4.76. The van der Waals surface area contributed by atoms with Gasteiger partial charge in [-0.3, -0.25) is 9.10 Å². The second kappa shape index (κ2) is 7.78. The van der Waals surface area contributed by atoms with Gasteiger partial charge in [0.25, 0.3) is 0 Å². The van der Waals surface area contributed by atoms with Gasteiger partial charge in [0.1, 0.15) is 11.8 Å². The Bertz CT molecular complexity index is 889. The van der Waals surface area contributed by atoms with Gasteiger partial charge in [-0.25, -0.2) is 8.42 Å². The van der Waals surface area contributed by atoms with Crippen LogP contribution in [-0.4, -0.2) is 33.7 Å². The number of amides is 1. The molecule has 26 heavy (non-hydrogen) atoms. The van der Waals surface area contributed by atoms with Crippen LogP contribution in [0.4, 0.5) is 11.4 Å². The molecule has 1 N–H and O–H groups in total. The third-order valence-electron chi connectivity index (χ3n) is 3.89. The normalized spacial score (nSPS) is 12.3. The Labute approximate surface area is 154 Å². The summed E-state index contributed by atoms with van der Waals surface area (Å²) in [6.07, 6.45) is 1.08. The number of sulfonamides is 1. The van der Waals surface area contributed by atoms with E-state index in [2.05, 4.69) is 5.32 Å². The van der Waals surface area contributed by atoms with Gasteiger partial charge in [0, 0.05) is 11.8 Å². The van der Waals surface area contributed by atoms with E-state index in [-0.39, 0.29) is 0 Å². The van der Waals surface area contributed by atoms with Gasteiger partial charge in [-0.05, 0) is 56.2 Å². The second-order valence-electron chi connectivity index (χ2n) is 6.30. The first-order chi connectivity index (χ1) is 12.1. The number of rotatable bonds is 6. The van der Waals surface area contributed by atoms with Crippen molar-refractivity contribution in [2.45, 2.75) is 26.8 Å². The van der Waals surface area contributed by atoms with Crippen LogP contribution in [0.2, 0.25) is 0 Å². The molecule has 0 radical (unpaired) electrons. The van der Waals surface area contributed by atoms with E-state index >= 15 is 0 Å². The van der Waals surface area contributed by atoms with Gasteiger partial charge in [-0.2, -0.15) is 0 Å². The SMILES string of the molecule is COc1cccc(N([C@H](C)C(=O)Nc2cc(C)cc(C)c2)S(C)(=O)=O)c1. The van der Waals surface area contributed by atoms with E-state index in [1.165, 1.54) is 7.11 Å². The number of nitrogens with one attached hydrogen (secondary N) is 1. The Hall–Kier alpha value is -2.54. The highest BCUT2D eigenvalue weighted by Gasteiger charge is 2.29. The molecule has 0 heterocycles. The van der Waals surface area contributed by atoms with E-state index in [0.717, 1.165) is 21.7 Å². The summed E-state index contributed by atoms with van der Waals surface area (Å²) in [6, 6.07) is 11.4. The Kier molecular flexibility index (Phi) is 5.92. The molecule has 0 aliphatic rings. The van der Waals surface area contributed by atoms with Crippen molar-refractivity contribution >= 4 is 27.3 Å². The fraction of sp³-hybridized carbons (Fsp3) is 0.316. The Morgan fingerprint density at radius 3 is 2.27 bits per heavy atom. The van der Waals surface area contributed by atoms with Crippen molar-refractivity contribution in [3.05, 3.63) is 53.6 Å². The van der Waals surface area contributed by atoms with E-state index in [9.17, 15) is 13.2 Å². The maximum Gasteiger partial charge on any atom is 0.247 e. The first-order valence-electron chi connectivity index (χ1n) is 8.14. The average Bonchev–Trinajstić information content (AvgIpc) is 2.52. The zero-order valence-electron chi connectivity index (χ0n) is 15.6. The van der Waals surface area contributed by atoms with E-state index in [0.29, 0.717) is 17.1 Å². The number of carbonyl (C=O) groups is 1. The Balaban J connectivity index is 2.34. The lowest BCUT2D eigenvalue weighted by atomic mass is 10.1. The highest BCUT2D eigenvalue weighted by molar-refractivity contribution is 7.92. The summed E-state index contributed by atoms with van der Waals surface area (Å²) in [5.74, 6) is 0.0984. The number of aryl methyl sites for hydroxylation is 2. The van der Waals surface area contributed by atoms with Crippen LogP contribution in [-0.2, 0) is 14.8 Å². The van der Waals surface area contributed by atoms with Crippen LogP contribution in [0.25, 0.3) is 0 Å². The molecule has 2 aromatic carbocycles. The number of hydrogen-bond acceptors (Lipinski definition) is 4. The first kappa shape index (κ1) is 19.8. The number of hydrogen-bond donors (Lipinski definition) is 1. The number of anilines is 2. The van der Waals surface area contributed by atoms with Crippen molar-refractivity contribution < 1.29 is 17.9 Å². The topological polar surface area (TPSA) is 75.7 Å². The highest BCUT2D eigenvalue weighted by atomic mass is 32.2. The molecule has 0 saturated heterocycles. The predicted molar refractivity (Wildman–Crippen MR) is 104 cm³/mol. The predicted octanol–water partition coefficient (Wildman–Crippen LogP) is 3.11. The molecule has 1 atom stereocenters. The standard InChI is InChI=1S/C19H24N2O4S/c1-13-9-14(2)11-16(10-13)20-19(22)15(3)21(26(5,23)24)17-7-6-8-18(12-17)25-4/h6-12,15H,1-5H3,(H,20,22)/t15-/m1/s1. The third-order valence-corrected chi connectivity index (χ3v) is 5.13. The van der Waals surface area contributed by atoms with Gasteiger partial charge in [0.05, 0.1) is 19.1 Å². The van der Waals surface area contributed by atoms with Crippen LogP contribution in [0.3, 0.4) is 0 Å². The maximum atomic E-state index is 12.7. The summed E-state index contributed by atoms with van der Waals surface area (Å²) in [4.78, 5) is 12.7. The maximum absolute atomic E-state index is 12.7. The summed E-state index contributed by atoms with van der Waals surface area (Å²) in [5.41, 5.74) is 3.04. The molecule has 6 nitrogen and oxygen atoms in total. The van der Waals surface area contributed by atoms with Crippen molar-refractivity contribution in [2.24, 2.45) is 0 Å². The molecule has 140 valence electrons. The van der Waals surface area contributed by atoms with Crippen molar-refractivity contribution in [3.8, 4) is 5.75 Å². The van der Waals surface area contributed by atoms with E-state index in [1.807, 2.05) is 32.0 Å². The van der Waals surface area contributed by atoms with E-state index in [1.54, 1.807) is 31.2 Å². The zero-order valence-corrected chi connectivity index (χ0v) is 16.4. The number of benzene rings is 2. The quantitative estimate of drug-likeness (QED) is 0.840. The number of carbonyl (C=O) groups excluding carboxylic acids is 1. The van der Waals surface area contributed by atoms with Gasteiger partial charge in [0.2, 0.25) is 15.9 Å². The lowest BCUT2D eigenvalue weighted by molar-refractivity contribution is -0.116. The number of ether oxygens (including phenoxy) is 1. The zero-order chi connectivity index (χ0) is 19.5. The largest absolute Gasteiger partial charge is 0.497 e. The molecule has 2 aromatic rings. The molecule has 0 aromatic heterocycles. The van der Waals surface area contributed by atoms with Gasteiger partial charge in [-0.15, -0.1) is 0 Å². The first-order valence-corrected chi connectivity index (χ1v) is 9.99. The summed E-state index contributed by atoms with van der Waals surface area (Å²) in [5, 5.41) is 2.80. The molecule has 0 unspecified atom stereocenters. The van der Waals surface area contributed by atoms with Crippen molar-refractivity contribution in [1.82, 2.24) is 0 Å². The van der Waals surface area contributed by atoms with Gasteiger partial charge >= 0.3 is 0 Å². The van der Waals surface area contributed by atoms with E-state index in [4.69, 9.17) is 4.74 Å². The molecule has 2 rings (SSSR count). The second-order valence-corrected chi connectivity index (χ2v) is 8.16. The van der Waals surface area contributed by atoms with Crippen LogP contribution in [0.1, 0.15) is 18.1 Å². The molecule has 0 aliphatic carbocycles. The molecule has 0 saturated carbocycles. The van der Waals surface area contributed by atoms with Crippen molar-refractivity contribution in [2.75, 3.05) is 23.0 Å². The molecule has 7 heteroatoms. The summed E-state index contributed by atoms with van der Waals surface area (Å²) in [6.45, 7) is 5.43. The van der Waals surface area contributed by atoms with Crippen LogP contribution in [0.5, 0.6) is 5.75 Å². The summed E-state index contributed by atoms with van der Waals surface area (Å²) in [7, 11) is -2.18.